The van der Waals surface area contributed by atoms with Gasteiger partial charge in [-0.25, -0.2) is 0 Å². The van der Waals surface area contributed by atoms with Crippen LogP contribution in [0.2, 0.25) is 0 Å². The van der Waals surface area contributed by atoms with Crippen LogP contribution < -0.4 is 10.1 Å². The van der Waals surface area contributed by atoms with Crippen molar-refractivity contribution in [1.29, 1.82) is 0 Å². The van der Waals surface area contributed by atoms with Crippen LogP contribution in [0.15, 0.2) is 12.4 Å². The van der Waals surface area contributed by atoms with Gasteiger partial charge in [0.2, 0.25) is 5.88 Å². The summed E-state index contributed by atoms with van der Waals surface area (Å²) in [6.07, 6.45) is 5.74. The molecule has 1 aromatic rings. The summed E-state index contributed by atoms with van der Waals surface area (Å²) in [5.74, 6) is 0.392. The van der Waals surface area contributed by atoms with Gasteiger partial charge in [0.1, 0.15) is 5.82 Å². The number of nitrogens with zero attached hydrogens (tertiary/aromatic N) is 2. The normalized spacial score (nSPS) is 11.9. The van der Waals surface area contributed by atoms with Crippen molar-refractivity contribution in [1.82, 2.24) is 9.97 Å². The van der Waals surface area contributed by atoms with E-state index in [1.165, 1.54) is 0 Å². The maximum absolute atomic E-state index is 10.4. The van der Waals surface area contributed by atoms with E-state index in [-0.39, 0.29) is 12.5 Å². The Labute approximate surface area is 113 Å². The van der Waals surface area contributed by atoms with Gasteiger partial charge in [-0.2, -0.15) is 4.98 Å². The first-order chi connectivity index (χ1) is 9.11. The number of hydrogen-bond acceptors (Lipinski definition) is 5. The molecule has 6 heteroatoms. The van der Waals surface area contributed by atoms with Crippen molar-refractivity contribution in [2.75, 3.05) is 11.9 Å². The second kappa shape index (κ2) is 8.29. The standard InChI is InChI=1S/C13H21N3O3/c1-3-7-19-12-9-14-8-11(16-12)15-10(2)5-4-6-13(17)18/h8-10H,3-7H2,1-2H3,(H,15,16)(H,17,18). The Hall–Kier alpha value is -1.85. The van der Waals surface area contributed by atoms with Crippen LogP contribution in [0.5, 0.6) is 5.88 Å². The molecule has 0 bridgehead atoms. The molecule has 0 aromatic carbocycles. The molecular formula is C13H21N3O3. The van der Waals surface area contributed by atoms with E-state index in [0.29, 0.717) is 24.7 Å². The minimum atomic E-state index is -0.762. The van der Waals surface area contributed by atoms with Gasteiger partial charge in [-0.05, 0) is 26.2 Å². The van der Waals surface area contributed by atoms with E-state index in [0.717, 1.165) is 12.8 Å². The average Bonchev–Trinajstić information content (AvgIpc) is 2.36. The van der Waals surface area contributed by atoms with Crippen molar-refractivity contribution >= 4 is 11.8 Å². The van der Waals surface area contributed by atoms with E-state index >= 15 is 0 Å². The van der Waals surface area contributed by atoms with Gasteiger partial charge in [0.25, 0.3) is 0 Å². The monoisotopic (exact) mass is 267 g/mol. The molecular weight excluding hydrogens is 246 g/mol. The van der Waals surface area contributed by atoms with Crippen LogP contribution in [0.4, 0.5) is 5.82 Å². The fourth-order valence-corrected chi connectivity index (χ4v) is 1.58. The summed E-state index contributed by atoms with van der Waals surface area (Å²) < 4.78 is 5.40. The number of rotatable bonds is 9. The Balaban J connectivity index is 2.40. The van der Waals surface area contributed by atoms with Gasteiger partial charge in [0, 0.05) is 12.5 Å². The van der Waals surface area contributed by atoms with Crippen LogP contribution >= 0.6 is 0 Å². The number of nitrogens with one attached hydrogen (secondary N) is 1. The highest BCUT2D eigenvalue weighted by molar-refractivity contribution is 5.66. The van der Waals surface area contributed by atoms with E-state index < -0.39 is 5.97 Å². The smallest absolute Gasteiger partial charge is 0.303 e. The minimum Gasteiger partial charge on any atom is -0.481 e. The van der Waals surface area contributed by atoms with Gasteiger partial charge >= 0.3 is 5.97 Å². The summed E-state index contributed by atoms with van der Waals surface area (Å²) in [6.45, 7) is 4.63. The van der Waals surface area contributed by atoms with E-state index in [9.17, 15) is 4.79 Å². The molecule has 1 aromatic heterocycles. The van der Waals surface area contributed by atoms with E-state index in [4.69, 9.17) is 9.84 Å². The number of carboxylic acid groups (broad SMARTS) is 1. The highest BCUT2D eigenvalue weighted by Gasteiger charge is 2.06. The first kappa shape index (κ1) is 15.2. The molecule has 106 valence electrons. The fraction of sp³-hybridized carbons (Fsp3) is 0.615. The summed E-state index contributed by atoms with van der Waals surface area (Å²) in [4.78, 5) is 18.8. The predicted molar refractivity (Wildman–Crippen MR) is 72.4 cm³/mol. The second-order valence-electron chi connectivity index (χ2n) is 4.42. The molecule has 0 aliphatic heterocycles. The van der Waals surface area contributed by atoms with Crippen LogP contribution in [0, 0.1) is 0 Å². The fourth-order valence-electron chi connectivity index (χ4n) is 1.58. The molecule has 0 spiro atoms. The molecule has 0 aliphatic carbocycles. The van der Waals surface area contributed by atoms with Gasteiger partial charge in [0.15, 0.2) is 0 Å². The molecule has 0 radical (unpaired) electrons. The lowest BCUT2D eigenvalue weighted by Gasteiger charge is -2.14. The molecule has 19 heavy (non-hydrogen) atoms. The van der Waals surface area contributed by atoms with Gasteiger partial charge in [-0.1, -0.05) is 6.92 Å². The van der Waals surface area contributed by atoms with Crippen LogP contribution in [0.25, 0.3) is 0 Å². The summed E-state index contributed by atoms with van der Waals surface area (Å²) in [7, 11) is 0. The molecule has 0 saturated heterocycles. The molecule has 0 aliphatic rings. The summed E-state index contributed by atoms with van der Waals surface area (Å²) in [5.41, 5.74) is 0. The number of hydrogen-bond donors (Lipinski definition) is 2. The van der Waals surface area contributed by atoms with Crippen molar-refractivity contribution < 1.29 is 14.6 Å². The lowest BCUT2D eigenvalue weighted by Crippen LogP contribution is -2.16. The highest BCUT2D eigenvalue weighted by atomic mass is 16.5. The largest absolute Gasteiger partial charge is 0.481 e. The second-order valence-corrected chi connectivity index (χ2v) is 4.42. The summed E-state index contributed by atoms with van der Waals surface area (Å²) in [5, 5.41) is 11.8. The molecule has 0 saturated carbocycles. The third kappa shape index (κ3) is 6.59. The van der Waals surface area contributed by atoms with E-state index in [1.807, 2.05) is 13.8 Å². The molecule has 0 amide bonds. The SMILES string of the molecule is CCCOc1cncc(NC(C)CCCC(=O)O)n1. The highest BCUT2D eigenvalue weighted by Crippen LogP contribution is 2.12. The predicted octanol–water partition coefficient (Wildman–Crippen LogP) is 2.32. The van der Waals surface area contributed by atoms with Crippen LogP contribution in [-0.4, -0.2) is 33.7 Å². The number of aliphatic carboxylic acids is 1. The van der Waals surface area contributed by atoms with Crippen molar-refractivity contribution in [3.8, 4) is 5.88 Å². The Morgan fingerprint density at radius 1 is 1.53 bits per heavy atom. The zero-order valence-electron chi connectivity index (χ0n) is 11.4. The number of anilines is 1. The maximum Gasteiger partial charge on any atom is 0.303 e. The first-order valence-corrected chi connectivity index (χ1v) is 6.55. The first-order valence-electron chi connectivity index (χ1n) is 6.55. The average molecular weight is 267 g/mol. The maximum atomic E-state index is 10.4. The summed E-state index contributed by atoms with van der Waals surface area (Å²) in [6, 6.07) is 0.148. The molecule has 1 heterocycles. The number of carboxylic acids is 1. The van der Waals surface area contributed by atoms with Crippen molar-refractivity contribution in [2.45, 2.75) is 45.6 Å². The van der Waals surface area contributed by atoms with Gasteiger partial charge in [-0.3, -0.25) is 9.78 Å². The Kier molecular flexibility index (Phi) is 6.63. The third-order valence-electron chi connectivity index (χ3n) is 2.49. The molecule has 1 rings (SSSR count). The zero-order chi connectivity index (χ0) is 14.1. The molecule has 1 unspecified atom stereocenters. The van der Waals surface area contributed by atoms with Crippen LogP contribution in [-0.2, 0) is 4.79 Å². The van der Waals surface area contributed by atoms with Crippen LogP contribution in [0.1, 0.15) is 39.5 Å². The van der Waals surface area contributed by atoms with Gasteiger partial charge in [0.05, 0.1) is 19.0 Å². The molecule has 2 N–H and O–H groups in total. The lowest BCUT2D eigenvalue weighted by molar-refractivity contribution is -0.137. The molecule has 0 fully saturated rings. The topological polar surface area (TPSA) is 84.3 Å². The Bertz CT molecular complexity index is 398. The lowest BCUT2D eigenvalue weighted by atomic mass is 10.1. The van der Waals surface area contributed by atoms with Gasteiger partial charge in [-0.15, -0.1) is 0 Å². The number of carbonyl (C=O) groups is 1. The number of aromatic nitrogens is 2. The summed E-state index contributed by atoms with van der Waals surface area (Å²) >= 11 is 0. The quantitative estimate of drug-likeness (QED) is 0.714. The van der Waals surface area contributed by atoms with Crippen LogP contribution in [0.3, 0.4) is 0 Å². The van der Waals surface area contributed by atoms with Gasteiger partial charge < -0.3 is 15.2 Å². The van der Waals surface area contributed by atoms with Crippen molar-refractivity contribution in [3.63, 3.8) is 0 Å². The Morgan fingerprint density at radius 2 is 2.32 bits per heavy atom. The van der Waals surface area contributed by atoms with Crippen molar-refractivity contribution in [2.24, 2.45) is 0 Å². The Morgan fingerprint density at radius 3 is 3.00 bits per heavy atom. The zero-order valence-corrected chi connectivity index (χ0v) is 11.4. The number of ether oxygens (including phenoxy) is 1. The van der Waals surface area contributed by atoms with Crippen molar-refractivity contribution in [3.05, 3.63) is 12.4 Å². The van der Waals surface area contributed by atoms with E-state index in [1.54, 1.807) is 12.4 Å². The molecule has 6 nitrogen and oxygen atoms in total. The third-order valence-corrected chi connectivity index (χ3v) is 2.49. The minimum absolute atomic E-state index is 0.148. The molecule has 1 atom stereocenters. The van der Waals surface area contributed by atoms with E-state index in [2.05, 4.69) is 15.3 Å².